The Kier molecular flexibility index (Phi) is 5.92. The van der Waals surface area contributed by atoms with Crippen molar-refractivity contribution in [2.75, 3.05) is 5.73 Å². The van der Waals surface area contributed by atoms with Gasteiger partial charge < -0.3 is 11.1 Å². The van der Waals surface area contributed by atoms with Gasteiger partial charge in [-0.3, -0.25) is 14.2 Å². The zero-order valence-electron chi connectivity index (χ0n) is 20.8. The average molecular weight is 492 g/mol. The third-order valence-electron chi connectivity index (χ3n) is 6.79. The molecule has 3 heterocycles. The summed E-state index contributed by atoms with van der Waals surface area (Å²) in [6.07, 6.45) is 9.66. The summed E-state index contributed by atoms with van der Waals surface area (Å²) in [4.78, 5) is 17.3. The molecule has 186 valence electrons. The Morgan fingerprint density at radius 2 is 1.73 bits per heavy atom. The van der Waals surface area contributed by atoms with E-state index in [9.17, 15) is 4.79 Å². The molecule has 1 aliphatic rings. The molecule has 3 aromatic heterocycles. The number of nitrogens with zero attached hydrogens (tertiary/aromatic N) is 5. The minimum atomic E-state index is -0.0904. The Morgan fingerprint density at radius 3 is 2.43 bits per heavy atom. The number of aromatic nitrogens is 5. The Morgan fingerprint density at radius 1 is 1.00 bits per heavy atom. The first kappa shape index (κ1) is 23.0. The first-order valence-corrected chi connectivity index (χ1v) is 12.6. The van der Waals surface area contributed by atoms with Gasteiger partial charge >= 0.3 is 0 Å². The maximum absolute atomic E-state index is 13.2. The van der Waals surface area contributed by atoms with Gasteiger partial charge in [-0.05, 0) is 59.5 Å². The van der Waals surface area contributed by atoms with Gasteiger partial charge in [0.1, 0.15) is 5.82 Å². The van der Waals surface area contributed by atoms with Crippen LogP contribution < -0.4 is 11.1 Å². The minimum Gasteiger partial charge on any atom is -0.383 e. The Bertz CT molecular complexity index is 1580. The molecule has 0 aliphatic heterocycles. The van der Waals surface area contributed by atoms with Gasteiger partial charge in [0.25, 0.3) is 5.91 Å². The number of nitrogens with two attached hydrogens (primary N) is 1. The number of anilines is 1. The maximum Gasteiger partial charge on any atom is 0.255 e. The second-order valence-electron chi connectivity index (χ2n) is 9.87. The first-order valence-electron chi connectivity index (χ1n) is 12.6. The van der Waals surface area contributed by atoms with Crippen molar-refractivity contribution in [3.63, 3.8) is 0 Å². The maximum atomic E-state index is 13.2. The molecule has 0 unspecified atom stereocenters. The van der Waals surface area contributed by atoms with Crippen molar-refractivity contribution < 1.29 is 4.79 Å². The molecule has 37 heavy (non-hydrogen) atoms. The molecule has 0 spiro atoms. The normalized spacial score (nSPS) is 13.2. The van der Waals surface area contributed by atoms with Gasteiger partial charge in [0.2, 0.25) is 0 Å². The number of carbonyl (C=O) groups is 1. The van der Waals surface area contributed by atoms with Crippen LogP contribution in [0.5, 0.6) is 0 Å². The van der Waals surface area contributed by atoms with Gasteiger partial charge in [-0.1, -0.05) is 36.4 Å². The van der Waals surface area contributed by atoms with Gasteiger partial charge in [0, 0.05) is 36.4 Å². The molecular formula is C29H29N7O. The summed E-state index contributed by atoms with van der Waals surface area (Å²) < 4.78 is 3.83. The Labute approximate surface area is 215 Å². The van der Waals surface area contributed by atoms with Gasteiger partial charge in [-0.2, -0.15) is 10.2 Å². The zero-order valence-corrected chi connectivity index (χ0v) is 20.8. The second-order valence-corrected chi connectivity index (χ2v) is 9.87. The smallest absolute Gasteiger partial charge is 0.255 e. The molecule has 8 nitrogen and oxygen atoms in total. The highest BCUT2D eigenvalue weighted by molar-refractivity contribution is 5.95. The Balaban J connectivity index is 1.14. The molecule has 0 bridgehead atoms. The number of hydrogen-bond acceptors (Lipinski definition) is 5. The van der Waals surface area contributed by atoms with Crippen LogP contribution in [-0.4, -0.2) is 30.5 Å². The fourth-order valence-electron chi connectivity index (χ4n) is 4.67. The molecule has 8 heteroatoms. The molecular weight excluding hydrogens is 462 g/mol. The largest absolute Gasteiger partial charge is 0.383 e. The van der Waals surface area contributed by atoms with Crippen LogP contribution in [0.1, 0.15) is 57.1 Å². The van der Waals surface area contributed by atoms with E-state index in [1.807, 2.05) is 59.1 Å². The van der Waals surface area contributed by atoms with Crippen molar-refractivity contribution in [3.05, 3.63) is 107 Å². The fourth-order valence-corrected chi connectivity index (χ4v) is 4.67. The molecule has 1 aliphatic carbocycles. The molecule has 2 aromatic carbocycles. The SMILES string of the molecule is Cc1cnn(Cc2ccc(Cn3cc(C(=O)NCc4ccc5c(N)nccc5c4)c(C4CC4)n3)cc2)c1. The van der Waals surface area contributed by atoms with E-state index in [0.717, 1.165) is 52.5 Å². The molecule has 0 saturated heterocycles. The van der Waals surface area contributed by atoms with E-state index in [-0.39, 0.29) is 5.91 Å². The van der Waals surface area contributed by atoms with E-state index in [1.165, 1.54) is 5.56 Å². The summed E-state index contributed by atoms with van der Waals surface area (Å²) in [5, 5.41) is 14.2. The summed E-state index contributed by atoms with van der Waals surface area (Å²) in [6, 6.07) is 16.4. The van der Waals surface area contributed by atoms with E-state index in [4.69, 9.17) is 10.8 Å². The number of carbonyl (C=O) groups excluding carboxylic acids is 1. The molecule has 0 atom stereocenters. The molecule has 0 radical (unpaired) electrons. The van der Waals surface area contributed by atoms with Crippen molar-refractivity contribution in [2.24, 2.45) is 0 Å². The monoisotopic (exact) mass is 491 g/mol. The topological polar surface area (TPSA) is 104 Å². The number of aryl methyl sites for hydroxylation is 1. The van der Waals surface area contributed by atoms with Crippen LogP contribution in [0.3, 0.4) is 0 Å². The fraction of sp³-hybridized carbons (Fsp3) is 0.241. The number of nitrogens with one attached hydrogen (secondary N) is 1. The van der Waals surface area contributed by atoms with Crippen molar-refractivity contribution in [2.45, 2.75) is 45.3 Å². The lowest BCUT2D eigenvalue weighted by Crippen LogP contribution is -2.23. The van der Waals surface area contributed by atoms with E-state index < -0.39 is 0 Å². The number of nitrogen functional groups attached to an aromatic ring is 1. The zero-order chi connectivity index (χ0) is 25.4. The van der Waals surface area contributed by atoms with E-state index in [0.29, 0.717) is 30.4 Å². The van der Waals surface area contributed by atoms with Crippen molar-refractivity contribution in [1.82, 2.24) is 29.9 Å². The van der Waals surface area contributed by atoms with Crippen LogP contribution in [-0.2, 0) is 19.6 Å². The van der Waals surface area contributed by atoms with Crippen LogP contribution >= 0.6 is 0 Å². The summed E-state index contributed by atoms with van der Waals surface area (Å²) in [7, 11) is 0. The highest BCUT2D eigenvalue weighted by Crippen LogP contribution is 2.40. The van der Waals surface area contributed by atoms with Crippen LogP contribution in [0, 0.1) is 6.92 Å². The van der Waals surface area contributed by atoms with Crippen LogP contribution in [0.15, 0.2) is 73.3 Å². The predicted molar refractivity (Wildman–Crippen MR) is 143 cm³/mol. The number of rotatable bonds is 8. The van der Waals surface area contributed by atoms with E-state index in [2.05, 4.69) is 39.7 Å². The molecule has 3 N–H and O–H groups in total. The van der Waals surface area contributed by atoms with Crippen molar-refractivity contribution >= 4 is 22.5 Å². The third kappa shape index (κ3) is 5.09. The number of amides is 1. The average Bonchev–Trinajstić information content (AvgIpc) is 3.54. The van der Waals surface area contributed by atoms with Crippen molar-refractivity contribution in [3.8, 4) is 0 Å². The highest BCUT2D eigenvalue weighted by Gasteiger charge is 2.31. The predicted octanol–water partition coefficient (Wildman–Crippen LogP) is 4.42. The standard InChI is InChI=1S/C29H29N7O/c1-19-13-33-35(15-19)16-20-2-4-21(5-3-20)17-36-18-26(27(34-36)23-7-8-23)29(37)32-14-22-6-9-25-24(12-22)10-11-31-28(25)30/h2-6,9-13,15,18,23H,7-8,14,16-17H2,1H3,(H2,30,31)(H,32,37). The molecule has 1 saturated carbocycles. The lowest BCUT2D eigenvalue weighted by molar-refractivity contribution is 0.0950. The number of benzene rings is 2. The number of pyridine rings is 1. The summed E-state index contributed by atoms with van der Waals surface area (Å²) in [5.74, 6) is 0.794. The van der Waals surface area contributed by atoms with Gasteiger partial charge in [0.15, 0.2) is 0 Å². The number of hydrogen-bond donors (Lipinski definition) is 2. The summed E-state index contributed by atoms with van der Waals surface area (Å²) in [5.41, 5.74) is 12.0. The van der Waals surface area contributed by atoms with Crippen LogP contribution in [0.4, 0.5) is 5.82 Å². The minimum absolute atomic E-state index is 0.0904. The quantitative estimate of drug-likeness (QED) is 0.334. The highest BCUT2D eigenvalue weighted by atomic mass is 16.1. The lowest BCUT2D eigenvalue weighted by Gasteiger charge is -2.07. The molecule has 1 fully saturated rings. The molecule has 5 aromatic rings. The molecule has 1 amide bonds. The van der Waals surface area contributed by atoms with Crippen molar-refractivity contribution in [1.29, 1.82) is 0 Å². The molecule has 6 rings (SSSR count). The van der Waals surface area contributed by atoms with Gasteiger partial charge in [-0.25, -0.2) is 4.98 Å². The van der Waals surface area contributed by atoms with E-state index in [1.54, 1.807) is 6.20 Å². The number of fused-ring (bicyclic) bond motifs is 1. The van der Waals surface area contributed by atoms with E-state index >= 15 is 0 Å². The lowest BCUT2D eigenvalue weighted by atomic mass is 10.1. The first-order chi connectivity index (χ1) is 18.0. The summed E-state index contributed by atoms with van der Waals surface area (Å²) in [6.45, 7) is 3.84. The Hall–Kier alpha value is -4.46. The van der Waals surface area contributed by atoms with Gasteiger partial charge in [0.05, 0.1) is 30.5 Å². The summed E-state index contributed by atoms with van der Waals surface area (Å²) >= 11 is 0. The van der Waals surface area contributed by atoms with Gasteiger partial charge in [-0.15, -0.1) is 0 Å². The van der Waals surface area contributed by atoms with Crippen LogP contribution in [0.25, 0.3) is 10.8 Å². The third-order valence-corrected chi connectivity index (χ3v) is 6.79. The second kappa shape index (κ2) is 9.54. The van der Waals surface area contributed by atoms with Crippen LogP contribution in [0.2, 0.25) is 0 Å².